The summed E-state index contributed by atoms with van der Waals surface area (Å²) in [6.45, 7) is 3.85. The van der Waals surface area contributed by atoms with Crippen LogP contribution in [0.15, 0.2) is 30.5 Å². The number of halogens is 1. The van der Waals surface area contributed by atoms with Crippen LogP contribution < -0.4 is 10.6 Å². The fraction of sp³-hybridized carbons (Fsp3) is 0.412. The number of piperidine rings is 1. The van der Waals surface area contributed by atoms with Crippen molar-refractivity contribution in [2.45, 2.75) is 32.2 Å². The molecule has 0 unspecified atom stereocenters. The van der Waals surface area contributed by atoms with Crippen LogP contribution in [0.5, 0.6) is 0 Å². The second kappa shape index (κ2) is 6.91. The van der Waals surface area contributed by atoms with Gasteiger partial charge in [0.2, 0.25) is 0 Å². The van der Waals surface area contributed by atoms with Gasteiger partial charge in [-0.15, -0.1) is 0 Å². The van der Waals surface area contributed by atoms with E-state index in [1.54, 1.807) is 23.0 Å². The van der Waals surface area contributed by atoms with Crippen LogP contribution in [0.3, 0.4) is 0 Å². The number of carbonyl (C=O) groups is 1. The fourth-order valence-corrected chi connectivity index (χ4v) is 2.94. The molecule has 2 heterocycles. The molecular weight excluding hydrogens is 295 g/mol. The van der Waals surface area contributed by atoms with Crippen LogP contribution >= 0.6 is 0 Å². The van der Waals surface area contributed by atoms with Gasteiger partial charge in [-0.2, -0.15) is 5.10 Å². The van der Waals surface area contributed by atoms with E-state index < -0.39 is 0 Å². The number of hydrogen-bond donors (Lipinski definition) is 2. The second-order valence-corrected chi connectivity index (χ2v) is 5.74. The lowest BCUT2D eigenvalue weighted by atomic mass is 10.1. The summed E-state index contributed by atoms with van der Waals surface area (Å²) >= 11 is 0. The summed E-state index contributed by atoms with van der Waals surface area (Å²) < 4.78 is 14.8. The Morgan fingerprint density at radius 2 is 2.04 bits per heavy atom. The average molecular weight is 316 g/mol. The van der Waals surface area contributed by atoms with Gasteiger partial charge >= 0.3 is 0 Å². The summed E-state index contributed by atoms with van der Waals surface area (Å²) in [4.78, 5) is 12.5. The minimum absolute atomic E-state index is 0.0814. The molecule has 1 aromatic carbocycles. The zero-order chi connectivity index (χ0) is 16.2. The smallest absolute Gasteiger partial charge is 0.254 e. The molecule has 122 valence electrons. The van der Waals surface area contributed by atoms with E-state index in [1.807, 2.05) is 6.92 Å². The third-order valence-electron chi connectivity index (χ3n) is 4.19. The molecule has 1 saturated heterocycles. The van der Waals surface area contributed by atoms with Gasteiger partial charge in [-0.1, -0.05) is 6.92 Å². The lowest BCUT2D eigenvalue weighted by Gasteiger charge is -2.23. The van der Waals surface area contributed by atoms with Crippen molar-refractivity contribution in [3.8, 4) is 5.69 Å². The Labute approximate surface area is 134 Å². The van der Waals surface area contributed by atoms with Gasteiger partial charge < -0.3 is 10.6 Å². The van der Waals surface area contributed by atoms with E-state index in [-0.39, 0.29) is 17.8 Å². The van der Waals surface area contributed by atoms with Crippen LogP contribution in [0.4, 0.5) is 4.39 Å². The molecule has 1 aromatic heterocycles. The van der Waals surface area contributed by atoms with Gasteiger partial charge in [-0.25, -0.2) is 9.07 Å². The van der Waals surface area contributed by atoms with Gasteiger partial charge in [0.1, 0.15) is 5.82 Å². The first-order chi connectivity index (χ1) is 11.2. The number of nitrogens with one attached hydrogen (secondary N) is 2. The molecule has 6 heteroatoms. The molecule has 1 fully saturated rings. The van der Waals surface area contributed by atoms with Crippen molar-refractivity contribution in [1.82, 2.24) is 20.4 Å². The molecular formula is C17H21FN4O. The molecule has 0 aliphatic carbocycles. The summed E-state index contributed by atoms with van der Waals surface area (Å²) in [7, 11) is 0. The van der Waals surface area contributed by atoms with Crippen molar-refractivity contribution < 1.29 is 9.18 Å². The highest BCUT2D eigenvalue weighted by atomic mass is 19.1. The predicted octanol–water partition coefficient (Wildman–Crippen LogP) is 2.06. The molecule has 1 aliphatic rings. The van der Waals surface area contributed by atoms with E-state index in [0.29, 0.717) is 12.0 Å². The van der Waals surface area contributed by atoms with E-state index in [0.717, 1.165) is 37.3 Å². The first kappa shape index (κ1) is 15.7. The molecule has 0 saturated carbocycles. The molecule has 5 nitrogen and oxygen atoms in total. The lowest BCUT2D eigenvalue weighted by molar-refractivity contribution is 0.0928. The summed E-state index contributed by atoms with van der Waals surface area (Å²) in [5, 5.41) is 10.7. The van der Waals surface area contributed by atoms with Gasteiger partial charge in [0.15, 0.2) is 0 Å². The molecule has 0 bridgehead atoms. The molecule has 2 aromatic rings. The molecule has 2 N–H and O–H groups in total. The van der Waals surface area contributed by atoms with Crippen LogP contribution in [-0.4, -0.2) is 34.8 Å². The van der Waals surface area contributed by atoms with E-state index in [1.165, 1.54) is 12.1 Å². The van der Waals surface area contributed by atoms with E-state index >= 15 is 0 Å². The Balaban J connectivity index is 1.82. The number of nitrogens with zero attached hydrogens (tertiary/aromatic N) is 2. The summed E-state index contributed by atoms with van der Waals surface area (Å²) in [5.74, 6) is -0.370. The standard InChI is InChI=1S/C17H21FN4O/c1-2-16-15(17(23)21-13-7-9-19-10-8-13)11-20-22(16)14-5-3-12(18)4-6-14/h3-6,11,13,19H,2,7-10H2,1H3,(H,21,23). The summed E-state index contributed by atoms with van der Waals surface area (Å²) in [6, 6.07) is 6.32. The second-order valence-electron chi connectivity index (χ2n) is 5.74. The van der Waals surface area contributed by atoms with Crippen molar-refractivity contribution in [2.24, 2.45) is 0 Å². The zero-order valence-electron chi connectivity index (χ0n) is 13.2. The Morgan fingerprint density at radius 3 is 2.70 bits per heavy atom. The van der Waals surface area contributed by atoms with Crippen LogP contribution in [0.1, 0.15) is 35.8 Å². The van der Waals surface area contributed by atoms with E-state index in [2.05, 4.69) is 15.7 Å². The average Bonchev–Trinajstić information content (AvgIpc) is 3.00. The molecule has 0 radical (unpaired) electrons. The van der Waals surface area contributed by atoms with E-state index in [4.69, 9.17) is 0 Å². The minimum Gasteiger partial charge on any atom is -0.349 e. The minimum atomic E-state index is -0.289. The molecule has 0 atom stereocenters. The SMILES string of the molecule is CCc1c(C(=O)NC2CCNCC2)cnn1-c1ccc(F)cc1. The van der Waals surface area contributed by atoms with E-state index in [9.17, 15) is 9.18 Å². The Bertz CT molecular complexity index is 674. The Morgan fingerprint density at radius 1 is 1.35 bits per heavy atom. The number of hydrogen-bond acceptors (Lipinski definition) is 3. The van der Waals surface area contributed by atoms with Crippen molar-refractivity contribution in [3.05, 3.63) is 47.5 Å². The maximum Gasteiger partial charge on any atom is 0.254 e. The number of benzene rings is 1. The van der Waals surface area contributed by atoms with Crippen molar-refractivity contribution in [2.75, 3.05) is 13.1 Å². The molecule has 1 amide bonds. The van der Waals surface area contributed by atoms with Crippen molar-refractivity contribution in [1.29, 1.82) is 0 Å². The molecule has 3 rings (SSSR count). The molecule has 0 spiro atoms. The van der Waals surface area contributed by atoms with Gasteiger partial charge in [-0.05, 0) is 56.6 Å². The van der Waals surface area contributed by atoms with Gasteiger partial charge in [0, 0.05) is 6.04 Å². The Kier molecular flexibility index (Phi) is 4.71. The first-order valence-electron chi connectivity index (χ1n) is 8.03. The largest absolute Gasteiger partial charge is 0.349 e. The number of carbonyl (C=O) groups excluding carboxylic acids is 1. The lowest BCUT2D eigenvalue weighted by Crippen LogP contribution is -2.42. The van der Waals surface area contributed by atoms with Gasteiger partial charge in [0.25, 0.3) is 5.91 Å². The van der Waals surface area contributed by atoms with Crippen LogP contribution in [0.25, 0.3) is 5.69 Å². The molecule has 23 heavy (non-hydrogen) atoms. The highest BCUT2D eigenvalue weighted by Crippen LogP contribution is 2.17. The van der Waals surface area contributed by atoms with Crippen LogP contribution in [0, 0.1) is 5.82 Å². The first-order valence-corrected chi connectivity index (χ1v) is 8.03. The topological polar surface area (TPSA) is 59.0 Å². The maximum atomic E-state index is 13.1. The Hall–Kier alpha value is -2.21. The summed E-state index contributed by atoms with van der Waals surface area (Å²) in [5.41, 5.74) is 2.18. The highest BCUT2D eigenvalue weighted by Gasteiger charge is 2.21. The number of aromatic nitrogens is 2. The zero-order valence-corrected chi connectivity index (χ0v) is 13.2. The van der Waals surface area contributed by atoms with Crippen LogP contribution in [-0.2, 0) is 6.42 Å². The third kappa shape index (κ3) is 3.42. The monoisotopic (exact) mass is 316 g/mol. The maximum absolute atomic E-state index is 13.1. The normalized spacial score (nSPS) is 15.6. The van der Waals surface area contributed by atoms with Crippen LogP contribution in [0.2, 0.25) is 0 Å². The highest BCUT2D eigenvalue weighted by molar-refractivity contribution is 5.95. The fourth-order valence-electron chi connectivity index (χ4n) is 2.94. The third-order valence-corrected chi connectivity index (χ3v) is 4.19. The van der Waals surface area contributed by atoms with Crippen molar-refractivity contribution >= 4 is 5.91 Å². The number of amides is 1. The molecule has 1 aliphatic heterocycles. The summed E-state index contributed by atoms with van der Waals surface area (Å²) in [6.07, 6.45) is 4.16. The van der Waals surface area contributed by atoms with Gasteiger partial charge in [-0.3, -0.25) is 4.79 Å². The predicted molar refractivity (Wildman–Crippen MR) is 86.3 cm³/mol. The van der Waals surface area contributed by atoms with Gasteiger partial charge in [0.05, 0.1) is 23.1 Å². The quantitative estimate of drug-likeness (QED) is 0.908. The van der Waals surface area contributed by atoms with Crippen molar-refractivity contribution in [3.63, 3.8) is 0 Å². The number of rotatable bonds is 4.